The quantitative estimate of drug-likeness (QED) is 0.925. The molecule has 3 rings (SSSR count). The first kappa shape index (κ1) is 13.3. The number of imidazole rings is 1. The smallest absolute Gasteiger partial charge is 0.127 e. The fraction of sp³-hybridized carbons (Fsp3) is 0.438. The minimum atomic E-state index is 0.642. The van der Waals surface area contributed by atoms with Gasteiger partial charge < -0.3 is 10.3 Å². The molecule has 1 aromatic heterocycles. The van der Waals surface area contributed by atoms with Crippen molar-refractivity contribution in [3.05, 3.63) is 48.5 Å². The van der Waals surface area contributed by atoms with Gasteiger partial charge in [-0.05, 0) is 44.0 Å². The predicted molar refractivity (Wildman–Crippen MR) is 80.6 cm³/mol. The Hall–Kier alpha value is -1.65. The molecule has 0 amide bonds. The first-order valence-corrected chi connectivity index (χ1v) is 7.37. The summed E-state index contributed by atoms with van der Waals surface area (Å²) in [6.07, 6.45) is 6.43. The van der Waals surface area contributed by atoms with Gasteiger partial charge in [-0.15, -0.1) is 0 Å². The summed E-state index contributed by atoms with van der Waals surface area (Å²) in [5.41, 5.74) is 6.99. The Morgan fingerprint density at radius 1 is 1.25 bits per heavy atom. The summed E-state index contributed by atoms with van der Waals surface area (Å²) in [6, 6.07) is 10.4. The average Bonchev–Trinajstić information content (AvgIpc) is 2.96. The lowest BCUT2D eigenvalue weighted by Gasteiger charge is -2.31. The van der Waals surface area contributed by atoms with E-state index in [-0.39, 0.29) is 0 Å². The van der Waals surface area contributed by atoms with Gasteiger partial charge in [0.2, 0.25) is 0 Å². The Kier molecular flexibility index (Phi) is 4.14. The van der Waals surface area contributed by atoms with Crippen LogP contribution in [0.3, 0.4) is 0 Å². The van der Waals surface area contributed by atoms with E-state index in [1.165, 1.54) is 18.5 Å². The lowest BCUT2D eigenvalue weighted by molar-refractivity contribution is 0.167. The number of hydrogen-bond donors (Lipinski definition) is 1. The number of piperidine rings is 1. The van der Waals surface area contributed by atoms with Gasteiger partial charge in [0.05, 0.1) is 6.54 Å². The summed E-state index contributed by atoms with van der Waals surface area (Å²) < 4.78 is 2.17. The molecule has 2 aromatic rings. The van der Waals surface area contributed by atoms with Gasteiger partial charge in [0.15, 0.2) is 0 Å². The molecule has 1 saturated heterocycles. The minimum Gasteiger partial charge on any atom is -0.330 e. The SMILES string of the molecule is NCC1CCCN(Cc2nccn2-c2ccccc2)C1. The van der Waals surface area contributed by atoms with Crippen molar-refractivity contribution in [2.24, 2.45) is 11.7 Å². The van der Waals surface area contributed by atoms with Crippen LogP contribution in [0.4, 0.5) is 0 Å². The van der Waals surface area contributed by atoms with Gasteiger partial charge in [-0.25, -0.2) is 4.98 Å². The second kappa shape index (κ2) is 6.20. The lowest BCUT2D eigenvalue weighted by Crippen LogP contribution is -2.38. The second-order valence-corrected chi connectivity index (χ2v) is 5.53. The van der Waals surface area contributed by atoms with Crippen LogP contribution in [0.1, 0.15) is 18.7 Å². The fourth-order valence-corrected chi connectivity index (χ4v) is 2.96. The zero-order valence-corrected chi connectivity index (χ0v) is 11.8. The van der Waals surface area contributed by atoms with Crippen LogP contribution < -0.4 is 5.73 Å². The van der Waals surface area contributed by atoms with E-state index in [4.69, 9.17) is 5.73 Å². The molecule has 1 aromatic carbocycles. The number of para-hydroxylation sites is 1. The van der Waals surface area contributed by atoms with Crippen LogP contribution in [0.2, 0.25) is 0 Å². The molecule has 0 radical (unpaired) electrons. The number of rotatable bonds is 4. The van der Waals surface area contributed by atoms with E-state index in [0.29, 0.717) is 5.92 Å². The fourth-order valence-electron chi connectivity index (χ4n) is 2.96. The number of nitrogens with zero attached hydrogens (tertiary/aromatic N) is 3. The van der Waals surface area contributed by atoms with Crippen molar-refractivity contribution in [1.29, 1.82) is 0 Å². The van der Waals surface area contributed by atoms with Crippen LogP contribution in [0.15, 0.2) is 42.7 Å². The molecule has 4 nitrogen and oxygen atoms in total. The van der Waals surface area contributed by atoms with Crippen molar-refractivity contribution >= 4 is 0 Å². The molecule has 1 aliphatic heterocycles. The molecule has 0 spiro atoms. The van der Waals surface area contributed by atoms with Crippen molar-refractivity contribution in [1.82, 2.24) is 14.5 Å². The minimum absolute atomic E-state index is 0.642. The molecule has 2 heterocycles. The van der Waals surface area contributed by atoms with E-state index in [1.807, 2.05) is 18.5 Å². The number of benzene rings is 1. The van der Waals surface area contributed by atoms with Crippen LogP contribution in [-0.2, 0) is 6.54 Å². The molecule has 0 bridgehead atoms. The van der Waals surface area contributed by atoms with E-state index in [1.54, 1.807) is 0 Å². The van der Waals surface area contributed by atoms with Gasteiger partial charge in [0, 0.05) is 24.6 Å². The Labute approximate surface area is 120 Å². The second-order valence-electron chi connectivity index (χ2n) is 5.53. The van der Waals surface area contributed by atoms with Crippen LogP contribution in [0, 0.1) is 5.92 Å². The maximum Gasteiger partial charge on any atom is 0.127 e. The third-order valence-electron chi connectivity index (χ3n) is 4.05. The lowest BCUT2D eigenvalue weighted by atomic mass is 9.98. The molecule has 0 saturated carbocycles. The van der Waals surface area contributed by atoms with Crippen LogP contribution in [-0.4, -0.2) is 34.1 Å². The molecule has 1 fully saturated rings. The Morgan fingerprint density at radius 3 is 2.90 bits per heavy atom. The van der Waals surface area contributed by atoms with Gasteiger partial charge in [0.25, 0.3) is 0 Å². The van der Waals surface area contributed by atoms with Gasteiger partial charge in [-0.2, -0.15) is 0 Å². The highest BCUT2D eigenvalue weighted by Crippen LogP contribution is 2.18. The molecule has 1 aliphatic rings. The van der Waals surface area contributed by atoms with Crippen molar-refractivity contribution < 1.29 is 0 Å². The summed E-state index contributed by atoms with van der Waals surface area (Å²) in [7, 11) is 0. The molecular formula is C16H22N4. The van der Waals surface area contributed by atoms with Gasteiger partial charge in [0.1, 0.15) is 5.82 Å². The summed E-state index contributed by atoms with van der Waals surface area (Å²) in [5, 5.41) is 0. The van der Waals surface area contributed by atoms with Crippen molar-refractivity contribution in [3.8, 4) is 5.69 Å². The highest BCUT2D eigenvalue weighted by Gasteiger charge is 2.20. The predicted octanol–water partition coefficient (Wildman–Crippen LogP) is 2.04. The molecule has 4 heteroatoms. The van der Waals surface area contributed by atoms with E-state index in [9.17, 15) is 0 Å². The van der Waals surface area contributed by atoms with Gasteiger partial charge in [-0.3, -0.25) is 4.90 Å². The van der Waals surface area contributed by atoms with Gasteiger partial charge in [-0.1, -0.05) is 18.2 Å². The topological polar surface area (TPSA) is 47.1 Å². The first-order chi connectivity index (χ1) is 9.86. The largest absolute Gasteiger partial charge is 0.330 e. The number of aromatic nitrogens is 2. The summed E-state index contributed by atoms with van der Waals surface area (Å²) in [6.45, 7) is 3.94. The number of nitrogens with two attached hydrogens (primary N) is 1. The van der Waals surface area contributed by atoms with Crippen LogP contribution in [0.25, 0.3) is 5.69 Å². The Bertz CT molecular complexity index is 534. The molecule has 0 aliphatic carbocycles. The highest BCUT2D eigenvalue weighted by molar-refractivity contribution is 5.32. The van der Waals surface area contributed by atoms with E-state index >= 15 is 0 Å². The van der Waals surface area contributed by atoms with E-state index < -0.39 is 0 Å². The highest BCUT2D eigenvalue weighted by atomic mass is 15.2. The third-order valence-corrected chi connectivity index (χ3v) is 4.05. The molecular weight excluding hydrogens is 248 g/mol. The van der Waals surface area contributed by atoms with Crippen LogP contribution in [0.5, 0.6) is 0 Å². The monoisotopic (exact) mass is 270 g/mol. The maximum absolute atomic E-state index is 5.81. The number of likely N-dealkylation sites (tertiary alicyclic amines) is 1. The Balaban J connectivity index is 1.74. The zero-order chi connectivity index (χ0) is 13.8. The van der Waals surface area contributed by atoms with Crippen LogP contribution >= 0.6 is 0 Å². The average molecular weight is 270 g/mol. The molecule has 1 atom stereocenters. The van der Waals surface area contributed by atoms with Gasteiger partial charge >= 0.3 is 0 Å². The van der Waals surface area contributed by atoms with Crippen molar-refractivity contribution in [3.63, 3.8) is 0 Å². The summed E-state index contributed by atoms with van der Waals surface area (Å²) in [4.78, 5) is 7.00. The zero-order valence-electron chi connectivity index (χ0n) is 11.8. The third kappa shape index (κ3) is 2.92. The standard InChI is InChI=1S/C16H22N4/c17-11-14-5-4-9-19(12-14)13-16-18-8-10-20(16)15-6-2-1-3-7-15/h1-3,6-8,10,14H,4-5,9,11-13,17H2. The molecule has 106 valence electrons. The van der Waals surface area contributed by atoms with Crippen molar-refractivity contribution in [2.45, 2.75) is 19.4 Å². The summed E-state index contributed by atoms with van der Waals surface area (Å²) in [5.74, 6) is 1.75. The molecule has 2 N–H and O–H groups in total. The Morgan fingerprint density at radius 2 is 2.10 bits per heavy atom. The van der Waals surface area contributed by atoms with E-state index in [2.05, 4.69) is 38.7 Å². The first-order valence-electron chi connectivity index (χ1n) is 7.37. The maximum atomic E-state index is 5.81. The molecule has 20 heavy (non-hydrogen) atoms. The summed E-state index contributed by atoms with van der Waals surface area (Å²) >= 11 is 0. The van der Waals surface area contributed by atoms with E-state index in [0.717, 1.165) is 32.0 Å². The number of hydrogen-bond acceptors (Lipinski definition) is 3. The van der Waals surface area contributed by atoms with Crippen molar-refractivity contribution in [2.75, 3.05) is 19.6 Å². The normalized spacial score (nSPS) is 20.1. The molecule has 1 unspecified atom stereocenters.